The summed E-state index contributed by atoms with van der Waals surface area (Å²) in [5, 5.41) is 11.8. The van der Waals surface area contributed by atoms with Crippen molar-refractivity contribution < 1.29 is 14.3 Å². The summed E-state index contributed by atoms with van der Waals surface area (Å²) in [7, 11) is 0. The van der Waals surface area contributed by atoms with Crippen LogP contribution in [0, 0.1) is 5.82 Å². The average Bonchev–Trinajstić information content (AvgIpc) is 2.78. The molecule has 0 saturated carbocycles. The molecule has 18 heavy (non-hydrogen) atoms. The summed E-state index contributed by atoms with van der Waals surface area (Å²) in [6.07, 6.45) is 1.13. The van der Waals surface area contributed by atoms with Gasteiger partial charge in [0.25, 0.3) is 0 Å². The van der Waals surface area contributed by atoms with Crippen molar-refractivity contribution in [3.05, 3.63) is 30.1 Å². The van der Waals surface area contributed by atoms with Gasteiger partial charge in [0.2, 0.25) is 0 Å². The molecular formula is C13H17FN2O2. The molecule has 0 bridgehead atoms. The van der Waals surface area contributed by atoms with Crippen LogP contribution in [0.4, 0.5) is 10.1 Å². The lowest BCUT2D eigenvalue weighted by Gasteiger charge is -2.18. The van der Waals surface area contributed by atoms with Crippen molar-refractivity contribution in [3.8, 4) is 0 Å². The van der Waals surface area contributed by atoms with Gasteiger partial charge < -0.3 is 15.3 Å². The number of nitrogens with one attached hydrogen (secondary N) is 1. The Morgan fingerprint density at radius 2 is 2.17 bits per heavy atom. The smallest absolute Gasteiger partial charge is 0.304 e. The molecule has 0 amide bonds. The molecule has 1 aromatic carbocycles. The van der Waals surface area contributed by atoms with Crippen molar-refractivity contribution in [3.63, 3.8) is 0 Å². The SMILES string of the molecule is O=C(O)CCNC1CCN(c2ccc(F)cc2)C1. The molecule has 1 aliphatic heterocycles. The first-order valence-electron chi connectivity index (χ1n) is 6.11. The number of halogens is 1. The van der Waals surface area contributed by atoms with E-state index in [9.17, 15) is 9.18 Å². The molecule has 1 unspecified atom stereocenters. The van der Waals surface area contributed by atoms with Gasteiger partial charge in [0.05, 0.1) is 6.42 Å². The Hall–Kier alpha value is -1.62. The van der Waals surface area contributed by atoms with Crippen molar-refractivity contribution in [1.82, 2.24) is 5.32 Å². The highest BCUT2D eigenvalue weighted by molar-refractivity contribution is 5.66. The lowest BCUT2D eigenvalue weighted by Crippen LogP contribution is -2.33. The summed E-state index contributed by atoms with van der Waals surface area (Å²) in [6, 6.07) is 6.78. The number of carbonyl (C=O) groups is 1. The second-order valence-electron chi connectivity index (χ2n) is 4.51. The van der Waals surface area contributed by atoms with Gasteiger partial charge >= 0.3 is 5.97 Å². The summed E-state index contributed by atoms with van der Waals surface area (Å²) >= 11 is 0. The van der Waals surface area contributed by atoms with E-state index in [1.54, 1.807) is 12.1 Å². The van der Waals surface area contributed by atoms with Crippen LogP contribution >= 0.6 is 0 Å². The first-order valence-corrected chi connectivity index (χ1v) is 6.11. The Balaban J connectivity index is 1.81. The van der Waals surface area contributed by atoms with Gasteiger partial charge in [-0.25, -0.2) is 4.39 Å². The number of hydrogen-bond acceptors (Lipinski definition) is 3. The highest BCUT2D eigenvalue weighted by Gasteiger charge is 2.22. The third-order valence-electron chi connectivity index (χ3n) is 3.15. The third-order valence-corrected chi connectivity index (χ3v) is 3.15. The number of rotatable bonds is 5. The van der Waals surface area contributed by atoms with Crippen LogP contribution in [0.5, 0.6) is 0 Å². The van der Waals surface area contributed by atoms with E-state index < -0.39 is 5.97 Å². The van der Waals surface area contributed by atoms with E-state index in [-0.39, 0.29) is 12.2 Å². The van der Waals surface area contributed by atoms with Gasteiger partial charge in [-0.15, -0.1) is 0 Å². The topological polar surface area (TPSA) is 52.6 Å². The fourth-order valence-electron chi connectivity index (χ4n) is 2.20. The lowest BCUT2D eigenvalue weighted by molar-refractivity contribution is -0.136. The zero-order chi connectivity index (χ0) is 13.0. The molecule has 1 aromatic rings. The second-order valence-corrected chi connectivity index (χ2v) is 4.51. The van der Waals surface area contributed by atoms with Gasteiger partial charge in [0.15, 0.2) is 0 Å². The molecule has 0 radical (unpaired) electrons. The van der Waals surface area contributed by atoms with E-state index in [0.717, 1.165) is 25.2 Å². The number of nitrogens with zero attached hydrogens (tertiary/aromatic N) is 1. The Kier molecular flexibility index (Phi) is 4.15. The number of hydrogen-bond donors (Lipinski definition) is 2. The summed E-state index contributed by atoms with van der Waals surface area (Å²) in [4.78, 5) is 12.6. The van der Waals surface area contributed by atoms with Crippen LogP contribution in [0.2, 0.25) is 0 Å². The van der Waals surface area contributed by atoms with E-state index in [0.29, 0.717) is 12.6 Å². The van der Waals surface area contributed by atoms with Gasteiger partial charge in [-0.05, 0) is 30.7 Å². The number of aliphatic carboxylic acids is 1. The minimum atomic E-state index is -0.782. The van der Waals surface area contributed by atoms with Gasteiger partial charge in [0.1, 0.15) is 5.82 Å². The maximum absolute atomic E-state index is 12.8. The molecule has 1 saturated heterocycles. The minimum absolute atomic E-state index is 0.146. The normalized spacial score (nSPS) is 19.2. The summed E-state index contributed by atoms with van der Waals surface area (Å²) < 4.78 is 12.8. The monoisotopic (exact) mass is 252 g/mol. The molecule has 2 N–H and O–H groups in total. The van der Waals surface area contributed by atoms with Crippen molar-refractivity contribution >= 4 is 11.7 Å². The maximum Gasteiger partial charge on any atom is 0.304 e. The second kappa shape index (κ2) is 5.82. The summed E-state index contributed by atoms with van der Waals surface area (Å²) in [6.45, 7) is 2.25. The number of anilines is 1. The van der Waals surface area contributed by atoms with Crippen LogP contribution in [0.25, 0.3) is 0 Å². The molecule has 0 spiro atoms. The van der Waals surface area contributed by atoms with E-state index in [2.05, 4.69) is 10.2 Å². The number of carboxylic acid groups (broad SMARTS) is 1. The molecular weight excluding hydrogens is 235 g/mol. The van der Waals surface area contributed by atoms with Crippen LogP contribution < -0.4 is 10.2 Å². The lowest BCUT2D eigenvalue weighted by atomic mass is 10.2. The Bertz CT molecular complexity index is 408. The van der Waals surface area contributed by atoms with E-state index in [1.165, 1.54) is 12.1 Å². The zero-order valence-corrected chi connectivity index (χ0v) is 10.1. The average molecular weight is 252 g/mol. The highest BCUT2D eigenvalue weighted by Crippen LogP contribution is 2.20. The van der Waals surface area contributed by atoms with Crippen molar-refractivity contribution in [1.29, 1.82) is 0 Å². The van der Waals surface area contributed by atoms with E-state index in [1.807, 2.05) is 0 Å². The summed E-state index contributed by atoms with van der Waals surface area (Å²) in [5.74, 6) is -1.01. The van der Waals surface area contributed by atoms with Crippen LogP contribution in [-0.4, -0.2) is 36.8 Å². The predicted molar refractivity (Wildman–Crippen MR) is 67.3 cm³/mol. The van der Waals surface area contributed by atoms with Crippen molar-refractivity contribution in [2.24, 2.45) is 0 Å². The minimum Gasteiger partial charge on any atom is -0.481 e. The van der Waals surface area contributed by atoms with E-state index in [4.69, 9.17) is 5.11 Å². The Labute approximate surface area is 105 Å². The molecule has 5 heteroatoms. The molecule has 1 fully saturated rings. The third kappa shape index (κ3) is 3.43. The molecule has 1 atom stereocenters. The molecule has 98 valence electrons. The molecule has 0 aromatic heterocycles. The van der Waals surface area contributed by atoms with Gasteiger partial charge in [-0.2, -0.15) is 0 Å². The standard InChI is InChI=1S/C13H17FN2O2/c14-10-1-3-12(4-2-10)16-8-6-11(9-16)15-7-5-13(17)18/h1-4,11,15H,5-9H2,(H,17,18). The Morgan fingerprint density at radius 3 is 2.83 bits per heavy atom. The van der Waals surface area contributed by atoms with Crippen LogP contribution in [0.3, 0.4) is 0 Å². The molecule has 1 aliphatic rings. The van der Waals surface area contributed by atoms with Crippen LogP contribution in [0.15, 0.2) is 24.3 Å². The van der Waals surface area contributed by atoms with Gasteiger partial charge in [-0.3, -0.25) is 4.79 Å². The van der Waals surface area contributed by atoms with E-state index >= 15 is 0 Å². The fraction of sp³-hybridized carbons (Fsp3) is 0.462. The Morgan fingerprint density at radius 1 is 1.44 bits per heavy atom. The molecule has 1 heterocycles. The van der Waals surface area contributed by atoms with Crippen LogP contribution in [-0.2, 0) is 4.79 Å². The largest absolute Gasteiger partial charge is 0.481 e. The molecule has 4 nitrogen and oxygen atoms in total. The first-order chi connectivity index (χ1) is 8.65. The first kappa shape index (κ1) is 12.8. The predicted octanol–water partition coefficient (Wildman–Crippen LogP) is 1.47. The highest BCUT2D eigenvalue weighted by atomic mass is 19.1. The van der Waals surface area contributed by atoms with Crippen LogP contribution in [0.1, 0.15) is 12.8 Å². The fourth-order valence-corrected chi connectivity index (χ4v) is 2.20. The van der Waals surface area contributed by atoms with Crippen molar-refractivity contribution in [2.75, 3.05) is 24.5 Å². The molecule has 0 aliphatic carbocycles. The summed E-state index contributed by atoms with van der Waals surface area (Å²) in [5.41, 5.74) is 1.01. The number of benzene rings is 1. The quantitative estimate of drug-likeness (QED) is 0.833. The zero-order valence-electron chi connectivity index (χ0n) is 10.1. The maximum atomic E-state index is 12.8. The van der Waals surface area contributed by atoms with Gasteiger partial charge in [0, 0.05) is 31.4 Å². The number of carboxylic acids is 1. The van der Waals surface area contributed by atoms with Crippen molar-refractivity contribution in [2.45, 2.75) is 18.9 Å². The molecule has 2 rings (SSSR count). The van der Waals surface area contributed by atoms with Gasteiger partial charge in [-0.1, -0.05) is 0 Å².